The highest BCUT2D eigenvalue weighted by molar-refractivity contribution is 5.94. The third-order valence-electron chi connectivity index (χ3n) is 1.97. The number of carbonyl (C=O) groups excluding carboxylic acids is 1. The predicted molar refractivity (Wildman–Crippen MR) is 61.5 cm³/mol. The van der Waals surface area contributed by atoms with Gasteiger partial charge in [-0.3, -0.25) is 4.79 Å². The van der Waals surface area contributed by atoms with Gasteiger partial charge in [-0.25, -0.2) is 4.79 Å². The number of anilines is 1. The number of ketones is 1. The Morgan fingerprint density at radius 1 is 1.19 bits per heavy atom. The molecule has 0 aromatic heterocycles. The summed E-state index contributed by atoms with van der Waals surface area (Å²) in [6.07, 6.45) is 1.08. The van der Waals surface area contributed by atoms with E-state index in [-0.39, 0.29) is 5.78 Å². The van der Waals surface area contributed by atoms with Crippen LogP contribution in [-0.2, 0) is 4.79 Å². The summed E-state index contributed by atoms with van der Waals surface area (Å²) in [5.41, 5.74) is 1.91. The van der Waals surface area contributed by atoms with E-state index < -0.39 is 5.97 Å². The minimum absolute atomic E-state index is 0.00403. The highest BCUT2D eigenvalue weighted by Crippen LogP contribution is 2.12. The van der Waals surface area contributed by atoms with Crippen LogP contribution >= 0.6 is 0 Å². The van der Waals surface area contributed by atoms with Crippen LogP contribution in [0.25, 0.3) is 0 Å². The van der Waals surface area contributed by atoms with Crippen molar-refractivity contribution < 1.29 is 14.7 Å². The number of rotatable bonds is 4. The number of hydrogen-bond acceptors (Lipinski definition) is 3. The molecule has 0 amide bonds. The molecule has 0 saturated heterocycles. The molecule has 1 aromatic carbocycles. The van der Waals surface area contributed by atoms with Crippen molar-refractivity contribution in [3.8, 4) is 0 Å². The van der Waals surface area contributed by atoms with Gasteiger partial charge in [-0.2, -0.15) is 0 Å². The van der Waals surface area contributed by atoms with Gasteiger partial charge in [0.15, 0.2) is 5.78 Å². The molecular formula is C12H13NO3. The molecule has 0 saturated carbocycles. The maximum absolute atomic E-state index is 11.0. The van der Waals surface area contributed by atoms with Crippen LogP contribution in [0.3, 0.4) is 0 Å². The molecule has 0 aliphatic heterocycles. The van der Waals surface area contributed by atoms with Crippen LogP contribution in [0.2, 0.25) is 0 Å². The van der Waals surface area contributed by atoms with Crippen LogP contribution in [0.1, 0.15) is 24.2 Å². The van der Waals surface area contributed by atoms with E-state index in [1.807, 2.05) is 0 Å². The summed E-state index contributed by atoms with van der Waals surface area (Å²) in [5, 5.41) is 11.4. The van der Waals surface area contributed by atoms with Crippen molar-refractivity contribution in [2.45, 2.75) is 13.8 Å². The Morgan fingerprint density at radius 2 is 1.75 bits per heavy atom. The van der Waals surface area contributed by atoms with Crippen molar-refractivity contribution in [3.05, 3.63) is 41.6 Å². The first-order chi connectivity index (χ1) is 7.49. The third kappa shape index (κ3) is 3.57. The second-order valence-corrected chi connectivity index (χ2v) is 3.42. The van der Waals surface area contributed by atoms with Gasteiger partial charge < -0.3 is 10.4 Å². The zero-order chi connectivity index (χ0) is 12.1. The number of carboxylic acid groups (broad SMARTS) is 1. The van der Waals surface area contributed by atoms with Gasteiger partial charge in [-0.05, 0) is 38.1 Å². The average molecular weight is 219 g/mol. The fourth-order valence-electron chi connectivity index (χ4n) is 1.24. The van der Waals surface area contributed by atoms with Crippen LogP contribution in [0, 0.1) is 0 Å². The fraction of sp³-hybridized carbons (Fsp3) is 0.167. The lowest BCUT2D eigenvalue weighted by Gasteiger charge is -2.06. The van der Waals surface area contributed by atoms with Crippen LogP contribution in [0.15, 0.2) is 36.0 Å². The largest absolute Gasteiger partial charge is 0.478 e. The Kier molecular flexibility index (Phi) is 3.83. The molecule has 1 aromatic rings. The van der Waals surface area contributed by atoms with Gasteiger partial charge in [0.05, 0.1) is 0 Å². The quantitative estimate of drug-likeness (QED) is 0.602. The molecule has 0 atom stereocenters. The summed E-state index contributed by atoms with van der Waals surface area (Å²) >= 11 is 0. The first-order valence-electron chi connectivity index (χ1n) is 4.78. The van der Waals surface area contributed by atoms with Gasteiger partial charge in [-0.1, -0.05) is 0 Å². The molecule has 1 rings (SSSR count). The van der Waals surface area contributed by atoms with E-state index in [1.54, 1.807) is 31.2 Å². The lowest BCUT2D eigenvalue weighted by Crippen LogP contribution is -2.00. The monoisotopic (exact) mass is 219 g/mol. The van der Waals surface area contributed by atoms with Crippen LogP contribution < -0.4 is 5.32 Å². The van der Waals surface area contributed by atoms with E-state index in [4.69, 9.17) is 5.11 Å². The summed E-state index contributed by atoms with van der Waals surface area (Å²) in [5.74, 6) is -0.991. The molecule has 16 heavy (non-hydrogen) atoms. The van der Waals surface area contributed by atoms with Crippen molar-refractivity contribution in [1.29, 1.82) is 0 Å². The molecule has 0 heterocycles. The lowest BCUT2D eigenvalue weighted by molar-refractivity contribution is -0.131. The smallest absolute Gasteiger partial charge is 0.330 e. The molecule has 2 N–H and O–H groups in total. The summed E-state index contributed by atoms with van der Waals surface area (Å²) < 4.78 is 0. The van der Waals surface area contributed by atoms with Crippen LogP contribution in [0.4, 0.5) is 5.69 Å². The first kappa shape index (κ1) is 12.0. The zero-order valence-electron chi connectivity index (χ0n) is 9.15. The van der Waals surface area contributed by atoms with Gasteiger partial charge in [-0.15, -0.1) is 0 Å². The van der Waals surface area contributed by atoms with E-state index in [1.165, 1.54) is 6.92 Å². The zero-order valence-corrected chi connectivity index (χ0v) is 9.15. The molecule has 0 spiro atoms. The fourth-order valence-corrected chi connectivity index (χ4v) is 1.24. The maximum Gasteiger partial charge on any atom is 0.330 e. The summed E-state index contributed by atoms with van der Waals surface area (Å²) in [4.78, 5) is 21.4. The maximum atomic E-state index is 11.0. The molecule has 4 nitrogen and oxygen atoms in total. The van der Waals surface area contributed by atoms with Gasteiger partial charge in [0.25, 0.3) is 0 Å². The molecule has 0 radical (unpaired) electrons. The number of carboxylic acids is 1. The van der Waals surface area contributed by atoms with Crippen LogP contribution in [-0.4, -0.2) is 16.9 Å². The average Bonchev–Trinajstić information content (AvgIpc) is 2.16. The van der Waals surface area contributed by atoms with Gasteiger partial charge in [0.2, 0.25) is 0 Å². The molecular weight excluding hydrogens is 206 g/mol. The highest BCUT2D eigenvalue weighted by Gasteiger charge is 1.99. The Labute approximate surface area is 93.6 Å². The van der Waals surface area contributed by atoms with E-state index in [2.05, 4.69) is 5.32 Å². The minimum Gasteiger partial charge on any atom is -0.478 e. The summed E-state index contributed by atoms with van der Waals surface area (Å²) in [7, 11) is 0. The Balaban J connectivity index is 2.76. The van der Waals surface area contributed by atoms with E-state index in [0.717, 1.165) is 11.8 Å². The molecule has 0 unspecified atom stereocenters. The molecule has 84 valence electrons. The number of Topliss-reactive ketones (excluding diaryl/α,β-unsaturated/α-hetero) is 1. The van der Waals surface area contributed by atoms with Gasteiger partial charge in [0, 0.05) is 23.0 Å². The molecule has 4 heteroatoms. The Bertz CT molecular complexity index is 432. The van der Waals surface area contributed by atoms with Gasteiger partial charge in [0.1, 0.15) is 0 Å². The second kappa shape index (κ2) is 5.11. The van der Waals surface area contributed by atoms with Gasteiger partial charge >= 0.3 is 5.97 Å². The highest BCUT2D eigenvalue weighted by atomic mass is 16.4. The van der Waals surface area contributed by atoms with Crippen LogP contribution in [0.5, 0.6) is 0 Å². The number of carbonyl (C=O) groups is 2. The number of benzene rings is 1. The topological polar surface area (TPSA) is 66.4 Å². The standard InChI is InChI=1S/C12H13NO3/c1-8(7-12(15)16)13-11-5-3-10(4-6-11)9(2)14/h3-7,13H,1-2H3,(H,15,16)/b8-7-. The third-order valence-corrected chi connectivity index (χ3v) is 1.97. The Hall–Kier alpha value is -2.10. The van der Waals surface area contributed by atoms with Crippen molar-refractivity contribution >= 4 is 17.4 Å². The van der Waals surface area contributed by atoms with E-state index >= 15 is 0 Å². The predicted octanol–water partition coefficient (Wildman–Crippen LogP) is 2.29. The SMILES string of the molecule is CC(=O)c1ccc(N/C(C)=C\C(=O)O)cc1. The van der Waals surface area contributed by atoms with Crippen molar-refractivity contribution in [1.82, 2.24) is 0 Å². The van der Waals surface area contributed by atoms with Crippen molar-refractivity contribution in [2.24, 2.45) is 0 Å². The number of allylic oxidation sites excluding steroid dienone is 1. The van der Waals surface area contributed by atoms with Crippen molar-refractivity contribution in [3.63, 3.8) is 0 Å². The summed E-state index contributed by atoms with van der Waals surface area (Å²) in [6, 6.07) is 6.85. The normalized spacial score (nSPS) is 11.0. The summed E-state index contributed by atoms with van der Waals surface area (Å²) in [6.45, 7) is 3.16. The molecule has 0 bridgehead atoms. The Morgan fingerprint density at radius 3 is 2.19 bits per heavy atom. The first-order valence-corrected chi connectivity index (χ1v) is 4.78. The van der Waals surface area contributed by atoms with E-state index in [9.17, 15) is 9.59 Å². The minimum atomic E-state index is -0.995. The molecule has 0 fully saturated rings. The molecule has 0 aliphatic rings. The number of aliphatic carboxylic acids is 1. The number of nitrogens with one attached hydrogen (secondary N) is 1. The second-order valence-electron chi connectivity index (χ2n) is 3.42. The number of hydrogen-bond donors (Lipinski definition) is 2. The van der Waals surface area contributed by atoms with Crippen molar-refractivity contribution in [2.75, 3.05) is 5.32 Å². The van der Waals surface area contributed by atoms with E-state index in [0.29, 0.717) is 11.3 Å². The molecule has 0 aliphatic carbocycles. The lowest BCUT2D eigenvalue weighted by atomic mass is 10.1.